The molecule has 3 N–H and O–H groups in total. The molecule has 0 unspecified atom stereocenters. The molecule has 1 aliphatic rings. The van der Waals surface area contributed by atoms with Crippen molar-refractivity contribution in [2.75, 3.05) is 0 Å². The monoisotopic (exact) mass is 342 g/mol. The summed E-state index contributed by atoms with van der Waals surface area (Å²) in [6.07, 6.45) is -5.46. The lowest BCUT2D eigenvalue weighted by Crippen LogP contribution is -2.48. The van der Waals surface area contributed by atoms with E-state index >= 15 is 0 Å². The van der Waals surface area contributed by atoms with Gasteiger partial charge >= 0.3 is 6.18 Å². The van der Waals surface area contributed by atoms with Crippen LogP contribution in [0.2, 0.25) is 0 Å². The molecule has 1 aliphatic carbocycles. The Hall–Kier alpha value is -1.26. The van der Waals surface area contributed by atoms with Crippen LogP contribution in [0.4, 0.5) is 17.6 Å². The van der Waals surface area contributed by atoms with Gasteiger partial charge in [-0.3, -0.25) is 0 Å². The number of halogens is 4. The van der Waals surface area contributed by atoms with Crippen LogP contribution in [0.1, 0.15) is 18.4 Å². The van der Waals surface area contributed by atoms with Crippen molar-refractivity contribution in [1.82, 2.24) is 4.72 Å². The molecular formula is C11H10F4N2O2S2. The third-order valence-corrected chi connectivity index (χ3v) is 4.92. The van der Waals surface area contributed by atoms with E-state index < -0.39 is 43.0 Å². The molecular weight excluding hydrogens is 332 g/mol. The highest BCUT2D eigenvalue weighted by Crippen LogP contribution is 2.49. The van der Waals surface area contributed by atoms with Gasteiger partial charge in [0.15, 0.2) is 0 Å². The quantitative estimate of drug-likeness (QED) is 0.647. The van der Waals surface area contributed by atoms with Crippen molar-refractivity contribution in [1.29, 1.82) is 0 Å². The lowest BCUT2D eigenvalue weighted by molar-refractivity contribution is -0.160. The second-order valence-corrected chi connectivity index (χ2v) is 6.75. The topological polar surface area (TPSA) is 72.2 Å². The molecule has 1 aromatic rings. The summed E-state index contributed by atoms with van der Waals surface area (Å²) < 4.78 is 77.9. The van der Waals surface area contributed by atoms with E-state index in [0.717, 1.165) is 18.2 Å². The zero-order valence-electron chi connectivity index (χ0n) is 10.4. The predicted octanol–water partition coefficient (Wildman–Crippen LogP) is 1.83. The first-order valence-electron chi connectivity index (χ1n) is 5.69. The molecule has 1 aromatic carbocycles. The summed E-state index contributed by atoms with van der Waals surface area (Å²) in [5.74, 6) is -1.01. The molecule has 2 rings (SSSR count). The highest BCUT2D eigenvalue weighted by atomic mass is 32.2. The summed E-state index contributed by atoms with van der Waals surface area (Å²) in [6, 6.07) is 2.93. The second kappa shape index (κ2) is 4.89. The summed E-state index contributed by atoms with van der Waals surface area (Å²) in [5, 5.41) is 0. The molecule has 0 aliphatic heterocycles. The zero-order chi connectivity index (χ0) is 16.1. The molecule has 0 atom stereocenters. The van der Waals surface area contributed by atoms with Crippen LogP contribution < -0.4 is 10.5 Å². The van der Waals surface area contributed by atoms with Gasteiger partial charge in [-0.1, -0.05) is 18.3 Å². The summed E-state index contributed by atoms with van der Waals surface area (Å²) in [4.78, 5) is -1.25. The van der Waals surface area contributed by atoms with Crippen LogP contribution in [0, 0.1) is 5.82 Å². The molecule has 10 heteroatoms. The molecule has 4 nitrogen and oxygen atoms in total. The smallest absolute Gasteiger partial charge is 0.389 e. The fraction of sp³-hybridized carbons (Fsp3) is 0.364. The van der Waals surface area contributed by atoms with Gasteiger partial charge in [-0.15, -0.1) is 0 Å². The van der Waals surface area contributed by atoms with Gasteiger partial charge in [-0.25, -0.2) is 12.8 Å². The maximum absolute atomic E-state index is 13.6. The summed E-state index contributed by atoms with van der Waals surface area (Å²) >= 11 is 4.56. The van der Waals surface area contributed by atoms with E-state index in [4.69, 9.17) is 5.73 Å². The lowest BCUT2D eigenvalue weighted by atomic mass is 10.2. The van der Waals surface area contributed by atoms with Gasteiger partial charge in [0.1, 0.15) is 16.3 Å². The van der Waals surface area contributed by atoms with Gasteiger partial charge in [0.05, 0.1) is 10.5 Å². The van der Waals surface area contributed by atoms with Gasteiger partial charge in [-0.2, -0.15) is 17.9 Å². The molecule has 0 radical (unpaired) electrons. The van der Waals surface area contributed by atoms with Crippen molar-refractivity contribution in [2.24, 2.45) is 5.73 Å². The van der Waals surface area contributed by atoms with Crippen molar-refractivity contribution in [3.8, 4) is 0 Å². The van der Waals surface area contributed by atoms with E-state index in [1.165, 1.54) is 0 Å². The van der Waals surface area contributed by atoms with Crippen LogP contribution in [-0.4, -0.2) is 25.1 Å². The minimum absolute atomic E-state index is 0.368. The maximum atomic E-state index is 13.6. The van der Waals surface area contributed by atoms with Crippen molar-refractivity contribution in [3.63, 3.8) is 0 Å². The Morgan fingerprint density at radius 2 is 1.90 bits per heavy atom. The van der Waals surface area contributed by atoms with Crippen LogP contribution in [0.5, 0.6) is 0 Å². The normalized spacial score (nSPS) is 17.5. The highest BCUT2D eigenvalue weighted by Gasteiger charge is 2.65. The molecule has 0 amide bonds. The number of hydrogen-bond donors (Lipinski definition) is 2. The van der Waals surface area contributed by atoms with E-state index in [9.17, 15) is 26.0 Å². The van der Waals surface area contributed by atoms with Gasteiger partial charge in [0.25, 0.3) is 0 Å². The Morgan fingerprint density at radius 1 is 1.33 bits per heavy atom. The summed E-state index contributed by atoms with van der Waals surface area (Å²) in [7, 11) is -4.61. The number of nitrogens with two attached hydrogens (primary N) is 1. The van der Waals surface area contributed by atoms with Crippen molar-refractivity contribution >= 4 is 27.2 Å². The van der Waals surface area contributed by atoms with Gasteiger partial charge < -0.3 is 5.73 Å². The first kappa shape index (κ1) is 16.1. The number of sulfonamides is 1. The molecule has 1 fully saturated rings. The van der Waals surface area contributed by atoms with Crippen molar-refractivity contribution in [3.05, 3.63) is 29.6 Å². The standard InChI is InChI=1S/C11H10F4N2O2S2/c12-6-2-1-3-7(8(6)9(16)20)21(18,19)17-10(4-5-10)11(13,14)15/h1-3,17H,4-5H2,(H2,16,20). The first-order valence-corrected chi connectivity index (χ1v) is 7.58. The number of nitrogens with one attached hydrogen (secondary N) is 1. The minimum Gasteiger partial charge on any atom is -0.389 e. The van der Waals surface area contributed by atoms with Crippen LogP contribution in [0.3, 0.4) is 0 Å². The molecule has 0 bridgehead atoms. The van der Waals surface area contributed by atoms with Crippen molar-refractivity contribution < 1.29 is 26.0 Å². The van der Waals surface area contributed by atoms with Crippen molar-refractivity contribution in [2.45, 2.75) is 29.5 Å². The Morgan fingerprint density at radius 3 is 2.33 bits per heavy atom. The molecule has 0 aromatic heterocycles. The number of rotatable bonds is 4. The van der Waals surface area contributed by atoms with Crippen LogP contribution in [0.15, 0.2) is 23.1 Å². The number of alkyl halides is 3. The van der Waals surface area contributed by atoms with Gasteiger partial charge in [0, 0.05) is 0 Å². The Bertz CT molecular complexity index is 697. The summed E-state index contributed by atoms with van der Waals surface area (Å²) in [6.45, 7) is 0. The second-order valence-electron chi connectivity index (χ2n) is 4.66. The first-order chi connectivity index (χ1) is 9.50. The molecule has 1 saturated carbocycles. The van der Waals surface area contributed by atoms with E-state index in [1.54, 1.807) is 4.72 Å². The Labute approximate surface area is 123 Å². The zero-order valence-corrected chi connectivity index (χ0v) is 12.0. The van der Waals surface area contributed by atoms with Crippen LogP contribution in [0.25, 0.3) is 0 Å². The average Bonchev–Trinajstić information content (AvgIpc) is 3.07. The SMILES string of the molecule is NC(=S)c1c(F)cccc1S(=O)(=O)NC1(C(F)(F)F)CC1. The molecule has 0 spiro atoms. The van der Waals surface area contributed by atoms with E-state index in [-0.39, 0.29) is 12.8 Å². The van der Waals surface area contributed by atoms with E-state index in [2.05, 4.69) is 12.2 Å². The molecule has 0 heterocycles. The summed E-state index contributed by atoms with van der Waals surface area (Å²) in [5.41, 5.74) is 2.16. The molecule has 0 saturated heterocycles. The Balaban J connectivity index is 2.47. The predicted molar refractivity (Wildman–Crippen MR) is 70.6 cm³/mol. The van der Waals surface area contributed by atoms with E-state index in [0.29, 0.717) is 0 Å². The lowest BCUT2D eigenvalue weighted by Gasteiger charge is -2.21. The van der Waals surface area contributed by atoms with Crippen LogP contribution in [-0.2, 0) is 10.0 Å². The highest BCUT2D eigenvalue weighted by molar-refractivity contribution is 7.89. The van der Waals surface area contributed by atoms with E-state index in [1.807, 2.05) is 0 Å². The fourth-order valence-corrected chi connectivity index (χ4v) is 3.80. The third kappa shape index (κ3) is 2.87. The molecule has 21 heavy (non-hydrogen) atoms. The number of thiocarbonyl (C=S) groups is 1. The van der Waals surface area contributed by atoms with Gasteiger partial charge in [0.2, 0.25) is 10.0 Å². The van der Waals surface area contributed by atoms with Gasteiger partial charge in [-0.05, 0) is 25.0 Å². The minimum atomic E-state index is -4.73. The molecule has 116 valence electrons. The third-order valence-electron chi connectivity index (χ3n) is 3.13. The number of hydrogen-bond acceptors (Lipinski definition) is 3. The average molecular weight is 342 g/mol. The van der Waals surface area contributed by atoms with Crippen LogP contribution >= 0.6 is 12.2 Å². The largest absolute Gasteiger partial charge is 0.407 e. The Kier molecular flexibility index (Phi) is 3.75. The number of benzene rings is 1. The maximum Gasteiger partial charge on any atom is 0.407 e. The fourth-order valence-electron chi connectivity index (χ4n) is 1.85.